The summed E-state index contributed by atoms with van der Waals surface area (Å²) in [6.07, 6.45) is 4.60. The second-order valence-electron chi connectivity index (χ2n) is 8.65. The number of amides is 2. The van der Waals surface area contributed by atoms with Crippen molar-refractivity contribution >= 4 is 23.2 Å². The minimum absolute atomic E-state index is 0.141. The lowest BCUT2D eigenvalue weighted by Gasteiger charge is -2.40. The first-order chi connectivity index (χ1) is 15.4. The second kappa shape index (κ2) is 8.95. The van der Waals surface area contributed by atoms with Crippen LogP contribution in [0.4, 0.5) is 11.4 Å². The van der Waals surface area contributed by atoms with Gasteiger partial charge in [0.1, 0.15) is 11.2 Å². The molecule has 1 aromatic heterocycles. The standard InChI is InChI=1S/C27H29N3O2/c1-19-10-8-13-22(18-19)30(25(31)23-14-4-7-17-28-23)27(15-5-6-16-27)26(32)29-24-20(2)11-9-12-21(24)3/h4,7-14,17-18H,5-6,15-16H2,1-3H3,(H,29,32). The monoisotopic (exact) mass is 427 g/mol. The highest BCUT2D eigenvalue weighted by Gasteiger charge is 2.49. The van der Waals surface area contributed by atoms with Crippen LogP contribution in [0.25, 0.3) is 0 Å². The molecule has 4 rings (SSSR count). The van der Waals surface area contributed by atoms with E-state index < -0.39 is 5.54 Å². The predicted molar refractivity (Wildman–Crippen MR) is 128 cm³/mol. The van der Waals surface area contributed by atoms with Crippen molar-refractivity contribution in [3.63, 3.8) is 0 Å². The molecule has 32 heavy (non-hydrogen) atoms. The Kier molecular flexibility index (Phi) is 6.08. The third-order valence-electron chi connectivity index (χ3n) is 6.35. The number of carbonyl (C=O) groups excluding carboxylic acids is 2. The summed E-state index contributed by atoms with van der Waals surface area (Å²) in [4.78, 5) is 33.8. The van der Waals surface area contributed by atoms with Gasteiger partial charge in [-0.2, -0.15) is 0 Å². The van der Waals surface area contributed by atoms with Crippen LogP contribution in [0.2, 0.25) is 0 Å². The molecule has 2 amide bonds. The fraction of sp³-hybridized carbons (Fsp3) is 0.296. The van der Waals surface area contributed by atoms with Crippen molar-refractivity contribution in [1.82, 2.24) is 4.98 Å². The van der Waals surface area contributed by atoms with Gasteiger partial charge in [-0.05, 0) is 74.6 Å². The number of nitrogens with zero attached hydrogens (tertiary/aromatic N) is 2. The van der Waals surface area contributed by atoms with E-state index >= 15 is 0 Å². The summed E-state index contributed by atoms with van der Waals surface area (Å²) in [7, 11) is 0. The minimum atomic E-state index is -0.975. The smallest absolute Gasteiger partial charge is 0.277 e. The molecule has 5 nitrogen and oxygen atoms in total. The highest BCUT2D eigenvalue weighted by Crippen LogP contribution is 2.41. The molecule has 164 valence electrons. The third-order valence-corrected chi connectivity index (χ3v) is 6.35. The van der Waals surface area contributed by atoms with Crippen LogP contribution in [0.15, 0.2) is 66.9 Å². The van der Waals surface area contributed by atoms with Crippen LogP contribution in [-0.2, 0) is 4.79 Å². The molecule has 1 heterocycles. The van der Waals surface area contributed by atoms with Gasteiger partial charge in [0.05, 0.1) is 0 Å². The van der Waals surface area contributed by atoms with E-state index in [0.717, 1.165) is 40.9 Å². The molecular weight excluding hydrogens is 398 g/mol. The van der Waals surface area contributed by atoms with Crippen LogP contribution in [-0.4, -0.2) is 22.3 Å². The Morgan fingerprint density at radius 2 is 1.59 bits per heavy atom. The Morgan fingerprint density at radius 3 is 2.22 bits per heavy atom. The first-order valence-corrected chi connectivity index (χ1v) is 11.1. The molecule has 0 saturated heterocycles. The summed E-state index contributed by atoms with van der Waals surface area (Å²) in [5.74, 6) is -0.395. The quantitative estimate of drug-likeness (QED) is 0.576. The zero-order valence-corrected chi connectivity index (χ0v) is 18.9. The van der Waals surface area contributed by atoms with Gasteiger partial charge in [0.25, 0.3) is 11.8 Å². The molecule has 2 aromatic carbocycles. The van der Waals surface area contributed by atoms with Crippen molar-refractivity contribution in [2.24, 2.45) is 0 Å². The van der Waals surface area contributed by atoms with Crippen molar-refractivity contribution in [3.05, 3.63) is 89.2 Å². The number of benzene rings is 2. The molecule has 1 aliphatic rings. The number of pyridine rings is 1. The van der Waals surface area contributed by atoms with Gasteiger partial charge in [-0.3, -0.25) is 19.5 Å². The topological polar surface area (TPSA) is 62.3 Å². The number of nitrogens with one attached hydrogen (secondary N) is 1. The molecule has 0 radical (unpaired) electrons. The predicted octanol–water partition coefficient (Wildman–Crippen LogP) is 5.61. The minimum Gasteiger partial charge on any atom is -0.324 e. The fourth-order valence-electron chi connectivity index (χ4n) is 4.68. The van der Waals surface area contributed by atoms with Crippen molar-refractivity contribution in [1.29, 1.82) is 0 Å². The molecule has 0 spiro atoms. The SMILES string of the molecule is Cc1cccc(N(C(=O)c2ccccn2)C2(C(=O)Nc3c(C)cccc3C)CCCC2)c1. The van der Waals surface area contributed by atoms with Crippen LogP contribution >= 0.6 is 0 Å². The van der Waals surface area contributed by atoms with Crippen LogP contribution in [0.1, 0.15) is 52.9 Å². The molecule has 0 unspecified atom stereocenters. The van der Waals surface area contributed by atoms with Crippen LogP contribution in [0.5, 0.6) is 0 Å². The van der Waals surface area contributed by atoms with Gasteiger partial charge >= 0.3 is 0 Å². The number of anilines is 2. The van der Waals surface area contributed by atoms with Crippen molar-refractivity contribution in [3.8, 4) is 0 Å². The molecule has 1 aliphatic carbocycles. The van der Waals surface area contributed by atoms with E-state index in [0.29, 0.717) is 18.5 Å². The molecule has 1 N–H and O–H groups in total. The van der Waals surface area contributed by atoms with E-state index in [-0.39, 0.29) is 11.8 Å². The Hall–Kier alpha value is -3.47. The average Bonchev–Trinajstić information content (AvgIpc) is 3.28. The van der Waals surface area contributed by atoms with Gasteiger partial charge in [-0.25, -0.2) is 0 Å². The summed E-state index contributed by atoms with van der Waals surface area (Å²) < 4.78 is 0. The fourth-order valence-corrected chi connectivity index (χ4v) is 4.68. The van der Waals surface area contributed by atoms with E-state index in [2.05, 4.69) is 10.3 Å². The van der Waals surface area contributed by atoms with Gasteiger partial charge < -0.3 is 5.32 Å². The molecule has 5 heteroatoms. The normalized spacial score (nSPS) is 14.7. The summed E-state index contributed by atoms with van der Waals surface area (Å²) in [6.45, 7) is 5.97. The van der Waals surface area contributed by atoms with Crippen LogP contribution in [0, 0.1) is 20.8 Å². The number of rotatable bonds is 5. The number of carbonyl (C=O) groups is 2. The first kappa shape index (κ1) is 21.8. The molecule has 1 fully saturated rings. The summed E-state index contributed by atoms with van der Waals surface area (Å²) in [5.41, 5.74) is 3.94. The van der Waals surface area contributed by atoms with Gasteiger partial charge in [-0.1, -0.05) is 49.2 Å². The van der Waals surface area contributed by atoms with E-state index in [4.69, 9.17) is 0 Å². The number of para-hydroxylation sites is 1. The first-order valence-electron chi connectivity index (χ1n) is 11.1. The third kappa shape index (κ3) is 4.03. The molecule has 1 saturated carbocycles. The Balaban J connectivity index is 1.82. The summed E-state index contributed by atoms with van der Waals surface area (Å²) in [5, 5.41) is 3.18. The van der Waals surface area contributed by atoms with E-state index in [9.17, 15) is 9.59 Å². The molecule has 3 aromatic rings. The zero-order chi connectivity index (χ0) is 22.7. The molecule has 0 atom stereocenters. The van der Waals surface area contributed by atoms with Crippen molar-refractivity contribution < 1.29 is 9.59 Å². The Labute approximate surface area is 189 Å². The lowest BCUT2D eigenvalue weighted by molar-refractivity contribution is -0.121. The number of hydrogen-bond donors (Lipinski definition) is 1. The summed E-state index contributed by atoms with van der Waals surface area (Å²) >= 11 is 0. The van der Waals surface area contributed by atoms with Crippen molar-refractivity contribution in [2.75, 3.05) is 10.2 Å². The Bertz CT molecular complexity index is 1110. The van der Waals surface area contributed by atoms with Gasteiger partial charge in [0, 0.05) is 17.6 Å². The van der Waals surface area contributed by atoms with E-state index in [1.54, 1.807) is 29.3 Å². The maximum absolute atomic E-state index is 14.0. The number of hydrogen-bond acceptors (Lipinski definition) is 3. The van der Waals surface area contributed by atoms with Crippen LogP contribution in [0.3, 0.4) is 0 Å². The van der Waals surface area contributed by atoms with Gasteiger partial charge in [0.2, 0.25) is 0 Å². The average molecular weight is 428 g/mol. The maximum Gasteiger partial charge on any atom is 0.277 e. The number of aryl methyl sites for hydroxylation is 3. The lowest BCUT2D eigenvalue weighted by atomic mass is 9.91. The maximum atomic E-state index is 14.0. The van der Waals surface area contributed by atoms with Gasteiger partial charge in [0.15, 0.2) is 0 Å². The van der Waals surface area contributed by atoms with Gasteiger partial charge in [-0.15, -0.1) is 0 Å². The Morgan fingerprint density at radius 1 is 0.906 bits per heavy atom. The number of aromatic nitrogens is 1. The summed E-state index contributed by atoms with van der Waals surface area (Å²) in [6, 6.07) is 19.0. The highest BCUT2D eigenvalue weighted by atomic mass is 16.2. The second-order valence-corrected chi connectivity index (χ2v) is 8.65. The van der Waals surface area contributed by atoms with Crippen LogP contribution < -0.4 is 10.2 Å². The van der Waals surface area contributed by atoms with E-state index in [1.807, 2.05) is 63.2 Å². The van der Waals surface area contributed by atoms with E-state index in [1.165, 1.54) is 0 Å². The zero-order valence-electron chi connectivity index (χ0n) is 18.9. The molecular formula is C27H29N3O2. The lowest BCUT2D eigenvalue weighted by Crippen LogP contribution is -2.58. The highest BCUT2D eigenvalue weighted by molar-refractivity contribution is 6.13. The largest absolute Gasteiger partial charge is 0.324 e. The molecule has 0 aliphatic heterocycles. The van der Waals surface area contributed by atoms with Crippen molar-refractivity contribution in [2.45, 2.75) is 52.0 Å². The molecule has 0 bridgehead atoms.